The number of nitrogens with zero attached hydrogens (tertiary/aromatic N) is 3. The minimum atomic E-state index is 0.313. The second kappa shape index (κ2) is 9.96. The zero-order chi connectivity index (χ0) is 18.2. The highest BCUT2D eigenvalue weighted by atomic mass is 127. The highest BCUT2D eigenvalue weighted by Gasteiger charge is 2.10. The molecule has 8 heteroatoms. The molecule has 0 bridgehead atoms. The number of aromatic nitrogens is 3. The number of anilines is 3. The van der Waals surface area contributed by atoms with Gasteiger partial charge < -0.3 is 15.4 Å². The van der Waals surface area contributed by atoms with Gasteiger partial charge in [0.1, 0.15) is 11.6 Å². The molecular formula is C17H23ClIN5O. The van der Waals surface area contributed by atoms with Gasteiger partial charge in [0.05, 0.1) is 16.6 Å². The van der Waals surface area contributed by atoms with Crippen molar-refractivity contribution in [3.63, 3.8) is 0 Å². The van der Waals surface area contributed by atoms with Crippen molar-refractivity contribution in [1.29, 1.82) is 0 Å². The first-order chi connectivity index (χ1) is 12.0. The number of alkyl halides is 1. The monoisotopic (exact) mass is 475 g/mol. The first-order valence-electron chi connectivity index (χ1n) is 8.23. The molecule has 0 saturated heterocycles. The first-order valence-corrected chi connectivity index (χ1v) is 10.1. The number of benzene rings is 1. The summed E-state index contributed by atoms with van der Waals surface area (Å²) in [7, 11) is 1.59. The van der Waals surface area contributed by atoms with Crippen LogP contribution < -0.4 is 15.4 Å². The summed E-state index contributed by atoms with van der Waals surface area (Å²) in [5, 5.41) is 7.07. The molecular weight excluding hydrogens is 453 g/mol. The van der Waals surface area contributed by atoms with Gasteiger partial charge in [0.2, 0.25) is 11.9 Å². The lowest BCUT2D eigenvalue weighted by molar-refractivity contribution is 0.415. The summed E-state index contributed by atoms with van der Waals surface area (Å²) in [5.74, 6) is 2.44. The number of unbranched alkanes of at least 4 members (excludes halogenated alkanes) is 1. The van der Waals surface area contributed by atoms with Crippen LogP contribution in [-0.4, -0.2) is 28.1 Å². The van der Waals surface area contributed by atoms with Crippen LogP contribution >= 0.6 is 34.2 Å². The van der Waals surface area contributed by atoms with E-state index in [4.69, 9.17) is 16.3 Å². The van der Waals surface area contributed by atoms with E-state index in [-0.39, 0.29) is 0 Å². The molecule has 0 spiro atoms. The van der Waals surface area contributed by atoms with E-state index in [9.17, 15) is 0 Å². The third-order valence-electron chi connectivity index (χ3n) is 3.58. The Kier molecular flexibility index (Phi) is 7.95. The summed E-state index contributed by atoms with van der Waals surface area (Å²) in [6, 6.07) is 5.77. The summed E-state index contributed by atoms with van der Waals surface area (Å²) in [6.45, 7) is 4.32. The molecule has 2 rings (SSSR count). The van der Waals surface area contributed by atoms with Gasteiger partial charge in [-0.25, -0.2) is 0 Å². The summed E-state index contributed by atoms with van der Waals surface area (Å²) in [4.78, 5) is 13.4. The van der Waals surface area contributed by atoms with Crippen molar-refractivity contribution < 1.29 is 4.74 Å². The van der Waals surface area contributed by atoms with Crippen LogP contribution in [0.1, 0.15) is 38.9 Å². The van der Waals surface area contributed by atoms with Gasteiger partial charge in [0.15, 0.2) is 0 Å². The van der Waals surface area contributed by atoms with Crippen molar-refractivity contribution >= 4 is 51.8 Å². The van der Waals surface area contributed by atoms with Gasteiger partial charge in [-0.3, -0.25) is 0 Å². The molecule has 136 valence electrons. The highest BCUT2D eigenvalue weighted by Crippen LogP contribution is 2.28. The van der Waals surface area contributed by atoms with Crippen molar-refractivity contribution in [2.45, 2.75) is 43.6 Å². The maximum atomic E-state index is 6.17. The SMILES string of the molecule is CCCCC(C)Nc1nc(CI)nc(Nc2ccc(OC)c(Cl)c2)n1. The van der Waals surface area contributed by atoms with E-state index >= 15 is 0 Å². The largest absolute Gasteiger partial charge is 0.495 e. The van der Waals surface area contributed by atoms with Crippen LogP contribution in [-0.2, 0) is 4.43 Å². The topological polar surface area (TPSA) is 72.0 Å². The van der Waals surface area contributed by atoms with Crippen molar-refractivity contribution in [1.82, 2.24) is 15.0 Å². The van der Waals surface area contributed by atoms with E-state index < -0.39 is 0 Å². The normalized spacial score (nSPS) is 11.9. The molecule has 0 radical (unpaired) electrons. The molecule has 1 aromatic carbocycles. The number of hydrogen-bond donors (Lipinski definition) is 2. The number of nitrogens with one attached hydrogen (secondary N) is 2. The van der Waals surface area contributed by atoms with E-state index in [0.717, 1.165) is 17.9 Å². The molecule has 1 atom stereocenters. The molecule has 1 aromatic heterocycles. The highest BCUT2D eigenvalue weighted by molar-refractivity contribution is 14.1. The molecule has 0 aliphatic rings. The lowest BCUT2D eigenvalue weighted by atomic mass is 10.1. The minimum Gasteiger partial charge on any atom is -0.495 e. The Morgan fingerprint density at radius 3 is 2.64 bits per heavy atom. The molecule has 0 fully saturated rings. The van der Waals surface area contributed by atoms with Crippen LogP contribution in [0.4, 0.5) is 17.6 Å². The molecule has 2 N–H and O–H groups in total. The Hall–Kier alpha value is -1.35. The van der Waals surface area contributed by atoms with Crippen LogP contribution in [0, 0.1) is 0 Å². The molecule has 1 heterocycles. The summed E-state index contributed by atoms with van der Waals surface area (Å²) in [6.07, 6.45) is 3.43. The van der Waals surface area contributed by atoms with E-state index in [1.165, 1.54) is 12.8 Å². The Balaban J connectivity index is 2.16. The van der Waals surface area contributed by atoms with Crippen LogP contribution in [0.2, 0.25) is 5.02 Å². The molecule has 0 amide bonds. The third kappa shape index (κ3) is 6.14. The van der Waals surface area contributed by atoms with Gasteiger partial charge in [-0.05, 0) is 31.5 Å². The average molecular weight is 476 g/mol. The second-order valence-corrected chi connectivity index (χ2v) is 6.86. The predicted octanol–water partition coefficient (Wildman–Crippen LogP) is 5.20. The van der Waals surface area contributed by atoms with E-state index in [0.29, 0.717) is 33.1 Å². The molecule has 1 unspecified atom stereocenters. The maximum absolute atomic E-state index is 6.17. The average Bonchev–Trinajstić information content (AvgIpc) is 2.60. The molecule has 2 aromatic rings. The van der Waals surface area contributed by atoms with Crippen LogP contribution in [0.5, 0.6) is 5.75 Å². The third-order valence-corrected chi connectivity index (χ3v) is 4.55. The summed E-state index contributed by atoms with van der Waals surface area (Å²) in [5.41, 5.74) is 0.793. The summed E-state index contributed by atoms with van der Waals surface area (Å²) < 4.78 is 5.87. The molecule has 0 aliphatic carbocycles. The maximum Gasteiger partial charge on any atom is 0.232 e. The Bertz CT molecular complexity index is 701. The van der Waals surface area contributed by atoms with E-state index in [1.807, 2.05) is 6.07 Å². The van der Waals surface area contributed by atoms with E-state index in [2.05, 4.69) is 62.0 Å². The van der Waals surface area contributed by atoms with Gasteiger partial charge >= 0.3 is 0 Å². The zero-order valence-electron chi connectivity index (χ0n) is 14.6. The number of hydrogen-bond acceptors (Lipinski definition) is 6. The smallest absolute Gasteiger partial charge is 0.232 e. The molecule has 0 aliphatic heterocycles. The number of rotatable bonds is 9. The lowest BCUT2D eigenvalue weighted by Gasteiger charge is -2.15. The Morgan fingerprint density at radius 2 is 2.00 bits per heavy atom. The molecule has 6 nitrogen and oxygen atoms in total. The fraction of sp³-hybridized carbons (Fsp3) is 0.471. The van der Waals surface area contributed by atoms with Gasteiger partial charge in [0, 0.05) is 11.7 Å². The Labute approximate surface area is 167 Å². The van der Waals surface area contributed by atoms with Gasteiger partial charge in [-0.15, -0.1) is 0 Å². The van der Waals surface area contributed by atoms with Gasteiger partial charge in [-0.1, -0.05) is 54.0 Å². The predicted molar refractivity (Wildman–Crippen MR) is 111 cm³/mol. The lowest BCUT2D eigenvalue weighted by Crippen LogP contribution is -2.18. The van der Waals surface area contributed by atoms with Crippen molar-refractivity contribution in [2.75, 3.05) is 17.7 Å². The van der Waals surface area contributed by atoms with Crippen LogP contribution in [0.15, 0.2) is 18.2 Å². The molecule has 25 heavy (non-hydrogen) atoms. The second-order valence-electron chi connectivity index (χ2n) is 5.69. The fourth-order valence-electron chi connectivity index (χ4n) is 2.28. The Morgan fingerprint density at radius 1 is 1.24 bits per heavy atom. The summed E-state index contributed by atoms with van der Waals surface area (Å²) >= 11 is 8.41. The van der Waals surface area contributed by atoms with E-state index in [1.54, 1.807) is 19.2 Å². The molecule has 0 saturated carbocycles. The zero-order valence-corrected chi connectivity index (χ0v) is 17.6. The first kappa shape index (κ1) is 20.0. The number of halogens is 2. The number of methoxy groups -OCH3 is 1. The van der Waals surface area contributed by atoms with Gasteiger partial charge in [-0.2, -0.15) is 15.0 Å². The quantitative estimate of drug-likeness (QED) is 0.383. The van der Waals surface area contributed by atoms with Crippen molar-refractivity contribution in [3.8, 4) is 5.75 Å². The fourth-order valence-corrected chi connectivity index (χ4v) is 2.87. The minimum absolute atomic E-state index is 0.313. The van der Waals surface area contributed by atoms with Crippen molar-refractivity contribution in [2.24, 2.45) is 0 Å². The van der Waals surface area contributed by atoms with Crippen molar-refractivity contribution in [3.05, 3.63) is 29.0 Å². The van der Waals surface area contributed by atoms with Crippen LogP contribution in [0.3, 0.4) is 0 Å². The van der Waals surface area contributed by atoms with Crippen LogP contribution in [0.25, 0.3) is 0 Å². The van der Waals surface area contributed by atoms with Gasteiger partial charge in [0.25, 0.3) is 0 Å². The standard InChI is InChI=1S/C17H23ClIN5O/c1-4-5-6-11(2)20-16-22-15(10-19)23-17(24-16)21-12-7-8-14(25-3)13(18)9-12/h7-9,11H,4-6,10H2,1-3H3,(H2,20,21,22,23,24). The number of ether oxygens (including phenoxy) is 1.